The van der Waals surface area contributed by atoms with Gasteiger partial charge in [0.15, 0.2) is 6.61 Å². The molecule has 0 atom stereocenters. The monoisotopic (exact) mass is 473 g/mol. The van der Waals surface area contributed by atoms with Gasteiger partial charge in [0.25, 0.3) is 11.8 Å². The van der Waals surface area contributed by atoms with Crippen LogP contribution in [0.3, 0.4) is 0 Å². The summed E-state index contributed by atoms with van der Waals surface area (Å²) in [5.41, 5.74) is 2.68. The topological polar surface area (TPSA) is 79.0 Å². The van der Waals surface area contributed by atoms with Gasteiger partial charge < -0.3 is 15.0 Å². The van der Waals surface area contributed by atoms with Crippen molar-refractivity contribution in [3.05, 3.63) is 72.3 Å². The molecule has 5 rings (SSSR count). The van der Waals surface area contributed by atoms with Gasteiger partial charge in [-0.3, -0.25) is 19.3 Å². The van der Waals surface area contributed by atoms with Gasteiger partial charge >= 0.3 is 0 Å². The highest BCUT2D eigenvalue weighted by Crippen LogP contribution is 2.42. The summed E-state index contributed by atoms with van der Waals surface area (Å²) in [6.45, 7) is 2.43. The molecule has 8 heteroatoms. The lowest BCUT2D eigenvalue weighted by Gasteiger charge is -2.28. The van der Waals surface area contributed by atoms with Crippen molar-refractivity contribution in [3.8, 4) is 5.75 Å². The summed E-state index contributed by atoms with van der Waals surface area (Å²) in [5.74, 6) is -0.0252. The number of hydrogen-bond donors (Lipinski definition) is 1. The molecule has 0 bridgehead atoms. The highest BCUT2D eigenvalue weighted by molar-refractivity contribution is 7.99. The van der Waals surface area contributed by atoms with E-state index in [1.807, 2.05) is 49.4 Å². The number of anilines is 3. The van der Waals surface area contributed by atoms with E-state index in [1.165, 1.54) is 16.7 Å². The van der Waals surface area contributed by atoms with Crippen LogP contribution in [0.1, 0.15) is 23.7 Å². The lowest BCUT2D eigenvalue weighted by molar-refractivity contribution is -0.123. The fourth-order valence-corrected chi connectivity index (χ4v) is 5.24. The molecular formula is C26H23N3O4S. The van der Waals surface area contributed by atoms with Crippen molar-refractivity contribution in [1.82, 2.24) is 0 Å². The third-order valence-corrected chi connectivity index (χ3v) is 6.80. The van der Waals surface area contributed by atoms with Gasteiger partial charge in [-0.05, 0) is 48.9 Å². The highest BCUT2D eigenvalue weighted by Gasteiger charge is 2.29. The molecule has 0 saturated carbocycles. The average molecular weight is 474 g/mol. The van der Waals surface area contributed by atoms with Crippen LogP contribution in [0.15, 0.2) is 76.5 Å². The summed E-state index contributed by atoms with van der Waals surface area (Å²) >= 11 is 1.51. The first-order valence-electron chi connectivity index (χ1n) is 11.1. The Kier molecular flexibility index (Phi) is 5.98. The Morgan fingerprint density at radius 1 is 0.971 bits per heavy atom. The maximum Gasteiger partial charge on any atom is 0.265 e. The van der Waals surface area contributed by atoms with E-state index >= 15 is 0 Å². The van der Waals surface area contributed by atoms with E-state index in [-0.39, 0.29) is 30.9 Å². The number of carbonyl (C=O) groups is 3. The fourth-order valence-electron chi connectivity index (χ4n) is 4.12. The molecule has 0 fully saturated rings. The number of ether oxygens (including phenoxy) is 1. The Bertz CT molecular complexity index is 1290. The molecule has 3 aromatic carbocycles. The van der Waals surface area contributed by atoms with Crippen molar-refractivity contribution >= 4 is 46.5 Å². The van der Waals surface area contributed by atoms with Gasteiger partial charge in [0.05, 0.1) is 16.9 Å². The lowest BCUT2D eigenvalue weighted by atomic mass is 10.1. The first-order valence-corrected chi connectivity index (χ1v) is 11.9. The Labute approximate surface area is 201 Å². The van der Waals surface area contributed by atoms with E-state index < -0.39 is 0 Å². The Morgan fingerprint density at radius 3 is 2.62 bits per heavy atom. The number of para-hydroxylation sites is 2. The van der Waals surface area contributed by atoms with Crippen molar-refractivity contribution in [2.45, 2.75) is 23.1 Å². The van der Waals surface area contributed by atoms with E-state index in [2.05, 4.69) is 5.32 Å². The molecular weight excluding hydrogens is 450 g/mol. The minimum Gasteiger partial charge on any atom is -0.482 e. The third kappa shape index (κ3) is 4.12. The smallest absolute Gasteiger partial charge is 0.265 e. The van der Waals surface area contributed by atoms with Crippen LogP contribution in [-0.4, -0.2) is 37.4 Å². The molecule has 2 aliphatic rings. The van der Waals surface area contributed by atoms with E-state index in [0.29, 0.717) is 29.2 Å². The van der Waals surface area contributed by atoms with Crippen LogP contribution in [0.5, 0.6) is 5.75 Å². The number of nitrogens with zero attached hydrogens (tertiary/aromatic N) is 2. The number of hydrogen-bond acceptors (Lipinski definition) is 5. The van der Waals surface area contributed by atoms with Crippen LogP contribution in [0.4, 0.5) is 17.1 Å². The quantitative estimate of drug-likeness (QED) is 0.587. The SMILES string of the molecule is CCCN1C(=O)c2ccccc2Sc2cc(NC(=O)CN3C(=O)COc4ccccc43)ccc21. The zero-order chi connectivity index (χ0) is 23.7. The fraction of sp³-hybridized carbons (Fsp3) is 0.192. The minimum absolute atomic E-state index is 0.0232. The van der Waals surface area contributed by atoms with Crippen molar-refractivity contribution < 1.29 is 19.1 Å². The van der Waals surface area contributed by atoms with Crippen molar-refractivity contribution in [2.75, 3.05) is 34.8 Å². The second-order valence-corrected chi connectivity index (χ2v) is 9.11. The van der Waals surface area contributed by atoms with Gasteiger partial charge in [0.2, 0.25) is 5.91 Å². The van der Waals surface area contributed by atoms with Crippen LogP contribution >= 0.6 is 11.8 Å². The highest BCUT2D eigenvalue weighted by atomic mass is 32.2. The zero-order valence-electron chi connectivity index (χ0n) is 18.6. The summed E-state index contributed by atoms with van der Waals surface area (Å²) in [5, 5.41) is 2.90. The second kappa shape index (κ2) is 9.23. The van der Waals surface area contributed by atoms with E-state index in [9.17, 15) is 14.4 Å². The molecule has 7 nitrogen and oxygen atoms in total. The predicted molar refractivity (Wildman–Crippen MR) is 132 cm³/mol. The summed E-state index contributed by atoms with van der Waals surface area (Å²) in [6, 6.07) is 20.3. The molecule has 0 aromatic heterocycles. The van der Waals surface area contributed by atoms with Crippen molar-refractivity contribution in [2.24, 2.45) is 0 Å². The van der Waals surface area contributed by atoms with Crippen LogP contribution in [-0.2, 0) is 9.59 Å². The molecule has 0 saturated heterocycles. The average Bonchev–Trinajstić information content (AvgIpc) is 2.95. The van der Waals surface area contributed by atoms with Crippen molar-refractivity contribution in [3.63, 3.8) is 0 Å². The summed E-state index contributed by atoms with van der Waals surface area (Å²) in [4.78, 5) is 43.5. The van der Waals surface area contributed by atoms with Crippen molar-refractivity contribution in [1.29, 1.82) is 0 Å². The molecule has 3 aromatic rings. The van der Waals surface area contributed by atoms with Gasteiger partial charge in [-0.1, -0.05) is 43.0 Å². The Morgan fingerprint density at radius 2 is 1.76 bits per heavy atom. The Hall–Kier alpha value is -3.78. The van der Waals surface area contributed by atoms with Gasteiger partial charge in [-0.25, -0.2) is 0 Å². The normalized spacial score (nSPS) is 14.5. The zero-order valence-corrected chi connectivity index (χ0v) is 19.4. The van der Waals surface area contributed by atoms with Gasteiger partial charge in [-0.15, -0.1) is 0 Å². The molecule has 0 aliphatic carbocycles. The number of carbonyl (C=O) groups excluding carboxylic acids is 3. The number of nitrogens with one attached hydrogen (secondary N) is 1. The molecule has 3 amide bonds. The maximum absolute atomic E-state index is 13.2. The van der Waals surface area contributed by atoms with Crippen LogP contribution < -0.4 is 19.9 Å². The van der Waals surface area contributed by atoms with Crippen LogP contribution in [0, 0.1) is 0 Å². The van der Waals surface area contributed by atoms with Gasteiger partial charge in [-0.2, -0.15) is 0 Å². The Balaban J connectivity index is 1.40. The molecule has 172 valence electrons. The third-order valence-electron chi connectivity index (χ3n) is 5.67. The van der Waals surface area contributed by atoms with Gasteiger partial charge in [0.1, 0.15) is 12.3 Å². The van der Waals surface area contributed by atoms with E-state index in [0.717, 1.165) is 21.9 Å². The standard InChI is InChI=1S/C26H23N3O4S/c1-2-13-28-20-12-11-17(14-23(20)34-22-10-6-3-7-18(22)26(28)32)27-24(30)15-29-19-8-4-5-9-21(19)33-16-25(29)31/h3-12,14H,2,13,15-16H2,1H3,(H,27,30). The summed E-state index contributed by atoms with van der Waals surface area (Å²) < 4.78 is 5.45. The lowest BCUT2D eigenvalue weighted by Crippen LogP contribution is -2.43. The second-order valence-electron chi connectivity index (χ2n) is 8.02. The minimum atomic E-state index is -0.314. The largest absolute Gasteiger partial charge is 0.482 e. The maximum atomic E-state index is 13.2. The summed E-state index contributed by atoms with van der Waals surface area (Å²) in [6.07, 6.45) is 0.825. The molecule has 34 heavy (non-hydrogen) atoms. The van der Waals surface area contributed by atoms with E-state index in [1.54, 1.807) is 29.2 Å². The predicted octanol–water partition coefficient (Wildman–Crippen LogP) is 4.57. The molecule has 2 heterocycles. The first kappa shape index (κ1) is 22.0. The molecule has 1 N–H and O–H groups in total. The molecule has 2 aliphatic heterocycles. The number of amides is 3. The van der Waals surface area contributed by atoms with Gasteiger partial charge in [0, 0.05) is 22.0 Å². The summed E-state index contributed by atoms with van der Waals surface area (Å²) in [7, 11) is 0. The molecule has 0 unspecified atom stereocenters. The van der Waals surface area contributed by atoms with E-state index in [4.69, 9.17) is 4.74 Å². The van der Waals surface area contributed by atoms with Crippen LogP contribution in [0.25, 0.3) is 0 Å². The van der Waals surface area contributed by atoms with Crippen LogP contribution in [0.2, 0.25) is 0 Å². The molecule has 0 spiro atoms. The number of fused-ring (bicyclic) bond motifs is 3. The number of rotatable bonds is 5. The number of benzene rings is 3. The molecule has 0 radical (unpaired) electrons. The first-order chi connectivity index (χ1) is 16.5.